The molecule has 4 heteroatoms. The molecule has 0 aliphatic heterocycles. The average molecular weight is 220 g/mol. The number of carboxylic acid groups (broad SMARTS) is 1. The van der Waals surface area contributed by atoms with Crippen LogP contribution in [0, 0.1) is 5.92 Å². The number of carbonyl (C=O) groups is 1. The third-order valence-electron chi connectivity index (χ3n) is 3.06. The van der Waals surface area contributed by atoms with Crippen LogP contribution in [0.25, 0.3) is 0 Å². The van der Waals surface area contributed by atoms with E-state index in [9.17, 15) is 4.79 Å². The van der Waals surface area contributed by atoms with Crippen molar-refractivity contribution in [3.8, 4) is 0 Å². The Kier molecular flexibility index (Phi) is 3.08. The van der Waals surface area contributed by atoms with Crippen LogP contribution in [0.15, 0.2) is 18.3 Å². The molecule has 2 rings (SSSR count). The molecule has 1 aromatic heterocycles. The highest BCUT2D eigenvalue weighted by molar-refractivity contribution is 5.87. The summed E-state index contributed by atoms with van der Waals surface area (Å²) in [5.41, 5.74) is 0.227. The lowest BCUT2D eigenvalue weighted by Gasteiger charge is -2.12. The van der Waals surface area contributed by atoms with E-state index in [1.807, 2.05) is 0 Å². The Hall–Kier alpha value is -1.58. The molecule has 0 radical (unpaired) electrons. The molecule has 2 N–H and O–H groups in total. The number of anilines is 1. The molecule has 1 aromatic rings. The lowest BCUT2D eigenvalue weighted by atomic mass is 10.1. The maximum absolute atomic E-state index is 10.6. The minimum absolute atomic E-state index is 0.227. The number of hydrogen-bond donors (Lipinski definition) is 2. The third kappa shape index (κ3) is 2.51. The molecular weight excluding hydrogens is 204 g/mol. The molecule has 0 amide bonds. The quantitative estimate of drug-likeness (QED) is 0.821. The van der Waals surface area contributed by atoms with Gasteiger partial charge in [-0.25, -0.2) is 9.78 Å². The highest BCUT2D eigenvalue weighted by atomic mass is 16.4. The number of rotatable bonds is 3. The largest absolute Gasteiger partial charge is 0.478 e. The molecule has 1 heterocycles. The van der Waals surface area contributed by atoms with Crippen molar-refractivity contribution < 1.29 is 9.90 Å². The van der Waals surface area contributed by atoms with Gasteiger partial charge in [-0.1, -0.05) is 6.92 Å². The maximum Gasteiger partial charge on any atom is 0.337 e. The summed E-state index contributed by atoms with van der Waals surface area (Å²) < 4.78 is 0. The van der Waals surface area contributed by atoms with E-state index in [0.29, 0.717) is 6.04 Å². The molecule has 16 heavy (non-hydrogen) atoms. The van der Waals surface area contributed by atoms with E-state index < -0.39 is 5.97 Å². The van der Waals surface area contributed by atoms with Gasteiger partial charge in [-0.15, -0.1) is 0 Å². The van der Waals surface area contributed by atoms with Crippen molar-refractivity contribution in [2.45, 2.75) is 32.2 Å². The molecule has 1 aliphatic carbocycles. The first-order valence-electron chi connectivity index (χ1n) is 5.61. The number of aromatic nitrogens is 1. The van der Waals surface area contributed by atoms with Crippen molar-refractivity contribution >= 4 is 11.8 Å². The molecule has 0 aromatic carbocycles. The smallest absolute Gasteiger partial charge is 0.337 e. The Balaban J connectivity index is 1.97. The van der Waals surface area contributed by atoms with E-state index in [1.54, 1.807) is 12.1 Å². The zero-order valence-corrected chi connectivity index (χ0v) is 9.31. The first-order chi connectivity index (χ1) is 7.65. The van der Waals surface area contributed by atoms with Crippen molar-refractivity contribution in [1.29, 1.82) is 0 Å². The summed E-state index contributed by atoms with van der Waals surface area (Å²) >= 11 is 0. The van der Waals surface area contributed by atoms with Crippen LogP contribution in [0.5, 0.6) is 0 Å². The Morgan fingerprint density at radius 1 is 1.50 bits per heavy atom. The zero-order chi connectivity index (χ0) is 11.5. The van der Waals surface area contributed by atoms with Crippen molar-refractivity contribution in [3.05, 3.63) is 23.9 Å². The van der Waals surface area contributed by atoms with Crippen LogP contribution in [0.4, 0.5) is 5.82 Å². The molecule has 0 spiro atoms. The highest BCUT2D eigenvalue weighted by Gasteiger charge is 2.21. The van der Waals surface area contributed by atoms with Crippen molar-refractivity contribution in [3.63, 3.8) is 0 Å². The van der Waals surface area contributed by atoms with Crippen LogP contribution in [-0.4, -0.2) is 22.1 Å². The van der Waals surface area contributed by atoms with Crippen LogP contribution in [0.1, 0.15) is 36.5 Å². The Labute approximate surface area is 94.7 Å². The first kappa shape index (κ1) is 10.9. The molecule has 1 saturated carbocycles. The number of carboxylic acids is 1. The fraction of sp³-hybridized carbons (Fsp3) is 0.500. The molecular formula is C12H16N2O2. The van der Waals surface area contributed by atoms with Crippen LogP contribution < -0.4 is 5.32 Å². The SMILES string of the molecule is CC1CCC(Nc2ccc(C(=O)O)cn2)C1. The summed E-state index contributed by atoms with van der Waals surface area (Å²) in [6.07, 6.45) is 4.99. The van der Waals surface area contributed by atoms with Gasteiger partial charge in [0.25, 0.3) is 0 Å². The van der Waals surface area contributed by atoms with Crippen LogP contribution >= 0.6 is 0 Å². The molecule has 2 atom stereocenters. The summed E-state index contributed by atoms with van der Waals surface area (Å²) in [5, 5.41) is 12.1. The van der Waals surface area contributed by atoms with Gasteiger partial charge in [0.05, 0.1) is 5.56 Å². The zero-order valence-electron chi connectivity index (χ0n) is 9.31. The van der Waals surface area contributed by atoms with Gasteiger partial charge >= 0.3 is 5.97 Å². The molecule has 86 valence electrons. The molecule has 2 unspecified atom stereocenters. The monoisotopic (exact) mass is 220 g/mol. The van der Waals surface area contributed by atoms with Gasteiger partial charge in [0.15, 0.2) is 0 Å². The van der Waals surface area contributed by atoms with Crippen molar-refractivity contribution in [1.82, 2.24) is 4.98 Å². The number of nitrogens with zero attached hydrogens (tertiary/aromatic N) is 1. The fourth-order valence-electron chi connectivity index (χ4n) is 2.15. The van der Waals surface area contributed by atoms with Crippen LogP contribution in [0.2, 0.25) is 0 Å². The van der Waals surface area contributed by atoms with E-state index >= 15 is 0 Å². The standard InChI is InChI=1S/C12H16N2O2/c1-8-2-4-10(6-8)14-11-5-3-9(7-13-11)12(15)16/h3,5,7-8,10H,2,4,6H2,1H3,(H,13,14)(H,15,16). The summed E-state index contributed by atoms with van der Waals surface area (Å²) in [4.78, 5) is 14.7. The summed E-state index contributed by atoms with van der Waals surface area (Å²) in [5.74, 6) is 0.605. The van der Waals surface area contributed by atoms with Gasteiger partial charge < -0.3 is 10.4 Å². The second-order valence-electron chi connectivity index (χ2n) is 4.50. The fourth-order valence-corrected chi connectivity index (χ4v) is 2.15. The van der Waals surface area contributed by atoms with Gasteiger partial charge in [-0.2, -0.15) is 0 Å². The Bertz CT molecular complexity index is 375. The number of aromatic carboxylic acids is 1. The Morgan fingerprint density at radius 2 is 2.31 bits per heavy atom. The molecule has 1 aliphatic rings. The van der Waals surface area contributed by atoms with Gasteiger partial charge in [0.2, 0.25) is 0 Å². The van der Waals surface area contributed by atoms with Crippen LogP contribution in [0.3, 0.4) is 0 Å². The second-order valence-corrected chi connectivity index (χ2v) is 4.50. The topological polar surface area (TPSA) is 62.2 Å². The third-order valence-corrected chi connectivity index (χ3v) is 3.06. The number of hydrogen-bond acceptors (Lipinski definition) is 3. The predicted octanol–water partition coefficient (Wildman–Crippen LogP) is 2.38. The molecule has 0 bridgehead atoms. The van der Waals surface area contributed by atoms with E-state index in [1.165, 1.54) is 25.5 Å². The Morgan fingerprint density at radius 3 is 2.81 bits per heavy atom. The van der Waals surface area contributed by atoms with Crippen molar-refractivity contribution in [2.24, 2.45) is 5.92 Å². The van der Waals surface area contributed by atoms with Gasteiger partial charge in [-0.3, -0.25) is 0 Å². The molecule has 0 saturated heterocycles. The first-order valence-corrected chi connectivity index (χ1v) is 5.61. The predicted molar refractivity (Wildman–Crippen MR) is 61.6 cm³/mol. The normalized spacial score (nSPS) is 24.3. The average Bonchev–Trinajstić information content (AvgIpc) is 2.65. The lowest BCUT2D eigenvalue weighted by molar-refractivity contribution is 0.0696. The van der Waals surface area contributed by atoms with E-state index in [2.05, 4.69) is 17.2 Å². The summed E-state index contributed by atoms with van der Waals surface area (Å²) in [6.45, 7) is 2.25. The minimum atomic E-state index is -0.937. The van der Waals surface area contributed by atoms with E-state index in [0.717, 1.165) is 11.7 Å². The van der Waals surface area contributed by atoms with Crippen molar-refractivity contribution in [2.75, 3.05) is 5.32 Å². The number of nitrogens with one attached hydrogen (secondary N) is 1. The van der Waals surface area contributed by atoms with E-state index in [-0.39, 0.29) is 5.56 Å². The second kappa shape index (κ2) is 4.51. The van der Waals surface area contributed by atoms with E-state index in [4.69, 9.17) is 5.11 Å². The molecule has 1 fully saturated rings. The highest BCUT2D eigenvalue weighted by Crippen LogP contribution is 2.26. The lowest BCUT2D eigenvalue weighted by Crippen LogP contribution is -2.16. The van der Waals surface area contributed by atoms with Gasteiger partial charge in [0, 0.05) is 12.2 Å². The minimum Gasteiger partial charge on any atom is -0.478 e. The van der Waals surface area contributed by atoms with Crippen LogP contribution in [-0.2, 0) is 0 Å². The van der Waals surface area contributed by atoms with Gasteiger partial charge in [-0.05, 0) is 37.3 Å². The van der Waals surface area contributed by atoms with Gasteiger partial charge in [0.1, 0.15) is 5.82 Å². The molecule has 4 nitrogen and oxygen atoms in total. The maximum atomic E-state index is 10.6. The summed E-state index contributed by atoms with van der Waals surface area (Å²) in [7, 11) is 0. The number of pyridine rings is 1. The summed E-state index contributed by atoms with van der Waals surface area (Å²) in [6, 6.07) is 3.79.